The van der Waals surface area contributed by atoms with Gasteiger partial charge in [0.05, 0.1) is 6.04 Å². The zero-order valence-corrected chi connectivity index (χ0v) is 21.2. The van der Waals surface area contributed by atoms with E-state index in [-0.39, 0.29) is 37.0 Å². The zero-order valence-electron chi connectivity index (χ0n) is 21.2. The van der Waals surface area contributed by atoms with Crippen LogP contribution in [0.5, 0.6) is 0 Å². The van der Waals surface area contributed by atoms with Crippen molar-refractivity contribution in [2.75, 3.05) is 0 Å². The number of primary amides is 1. The van der Waals surface area contributed by atoms with E-state index < -0.39 is 53.8 Å². The molecule has 0 aliphatic rings. The van der Waals surface area contributed by atoms with Gasteiger partial charge in [0.1, 0.15) is 18.1 Å². The molecule has 0 aromatic heterocycles. The number of amides is 4. The average molecular weight is 486 g/mol. The SMILES string of the molecule is CCC(C)C(NC(=O)C(CC(C)C)NC(=O)C(CC(C)C)NC(=O)C(N)CCC(N)=O)C(=O)O. The van der Waals surface area contributed by atoms with Crippen molar-refractivity contribution >= 4 is 29.6 Å². The molecule has 0 aromatic rings. The molecule has 11 nitrogen and oxygen atoms in total. The molecule has 5 unspecified atom stereocenters. The molecule has 0 spiro atoms. The van der Waals surface area contributed by atoms with Crippen LogP contribution in [0.25, 0.3) is 0 Å². The fourth-order valence-electron chi connectivity index (χ4n) is 3.32. The highest BCUT2D eigenvalue weighted by molar-refractivity contribution is 5.94. The number of rotatable bonds is 16. The number of nitrogens with two attached hydrogens (primary N) is 2. The number of carbonyl (C=O) groups is 5. The summed E-state index contributed by atoms with van der Waals surface area (Å²) in [7, 11) is 0. The molecule has 196 valence electrons. The molecule has 0 fully saturated rings. The van der Waals surface area contributed by atoms with Gasteiger partial charge in [-0.3, -0.25) is 19.2 Å². The Bertz CT molecular complexity index is 712. The Labute approximate surface area is 202 Å². The first-order valence-electron chi connectivity index (χ1n) is 11.9. The first kappa shape index (κ1) is 31.3. The maximum atomic E-state index is 13.1. The van der Waals surface area contributed by atoms with Crippen molar-refractivity contribution in [2.24, 2.45) is 29.2 Å². The van der Waals surface area contributed by atoms with Gasteiger partial charge in [0.2, 0.25) is 23.6 Å². The molecule has 34 heavy (non-hydrogen) atoms. The van der Waals surface area contributed by atoms with Gasteiger partial charge in [-0.15, -0.1) is 0 Å². The summed E-state index contributed by atoms with van der Waals surface area (Å²) in [5.74, 6) is -3.73. The summed E-state index contributed by atoms with van der Waals surface area (Å²) < 4.78 is 0. The highest BCUT2D eigenvalue weighted by Gasteiger charge is 2.32. The predicted molar refractivity (Wildman–Crippen MR) is 128 cm³/mol. The highest BCUT2D eigenvalue weighted by Crippen LogP contribution is 2.12. The van der Waals surface area contributed by atoms with Gasteiger partial charge in [-0.1, -0.05) is 48.0 Å². The Kier molecular flexibility index (Phi) is 14.1. The van der Waals surface area contributed by atoms with Gasteiger partial charge in [-0.2, -0.15) is 0 Å². The molecule has 0 rings (SSSR count). The van der Waals surface area contributed by atoms with Crippen molar-refractivity contribution in [3.63, 3.8) is 0 Å². The Morgan fingerprint density at radius 2 is 1.24 bits per heavy atom. The number of aliphatic carboxylic acids is 1. The topological polar surface area (TPSA) is 194 Å². The van der Waals surface area contributed by atoms with Crippen LogP contribution >= 0.6 is 0 Å². The van der Waals surface area contributed by atoms with Crippen LogP contribution in [-0.2, 0) is 24.0 Å². The van der Waals surface area contributed by atoms with Crippen LogP contribution in [0.3, 0.4) is 0 Å². The molecule has 0 radical (unpaired) electrons. The minimum Gasteiger partial charge on any atom is -0.480 e. The number of carbonyl (C=O) groups excluding carboxylic acids is 4. The summed E-state index contributed by atoms with van der Waals surface area (Å²) in [5, 5.41) is 17.3. The molecule has 0 bridgehead atoms. The summed E-state index contributed by atoms with van der Waals surface area (Å²) in [5.41, 5.74) is 10.9. The minimum absolute atomic E-state index is 0.0308. The first-order chi connectivity index (χ1) is 15.7. The lowest BCUT2D eigenvalue weighted by Gasteiger charge is -2.28. The average Bonchev–Trinajstić information content (AvgIpc) is 2.72. The fraction of sp³-hybridized carbons (Fsp3) is 0.783. The number of nitrogens with one attached hydrogen (secondary N) is 3. The summed E-state index contributed by atoms with van der Waals surface area (Å²) in [6, 6.07) is -4.04. The Balaban J connectivity index is 5.52. The number of hydrogen-bond donors (Lipinski definition) is 6. The molecular weight excluding hydrogens is 442 g/mol. The first-order valence-corrected chi connectivity index (χ1v) is 11.9. The van der Waals surface area contributed by atoms with Crippen molar-refractivity contribution in [1.82, 2.24) is 16.0 Å². The third kappa shape index (κ3) is 12.0. The van der Waals surface area contributed by atoms with Crippen molar-refractivity contribution in [1.29, 1.82) is 0 Å². The summed E-state index contributed by atoms with van der Waals surface area (Å²) in [4.78, 5) is 61.0. The second-order valence-electron chi connectivity index (χ2n) is 9.70. The molecule has 0 saturated carbocycles. The van der Waals surface area contributed by atoms with Gasteiger partial charge in [-0.05, 0) is 37.0 Å². The predicted octanol–water partition coefficient (Wildman–Crippen LogP) is 0.257. The van der Waals surface area contributed by atoms with Gasteiger partial charge < -0.3 is 32.5 Å². The summed E-state index contributed by atoms with van der Waals surface area (Å²) in [6.07, 6.45) is 1.11. The standard InChI is InChI=1S/C23H43N5O6/c1-7-14(6)19(23(33)34)28-22(32)17(11-13(4)5)27-21(31)16(10-12(2)3)26-20(30)15(24)8-9-18(25)29/h12-17,19H,7-11,24H2,1-6H3,(H2,25,29)(H,26,30)(H,27,31)(H,28,32)(H,33,34). The normalized spacial score (nSPS) is 15.7. The fourth-order valence-corrected chi connectivity index (χ4v) is 3.32. The van der Waals surface area contributed by atoms with E-state index in [4.69, 9.17) is 11.5 Å². The van der Waals surface area contributed by atoms with E-state index in [1.54, 1.807) is 6.92 Å². The highest BCUT2D eigenvalue weighted by atomic mass is 16.4. The maximum absolute atomic E-state index is 13.1. The van der Waals surface area contributed by atoms with Crippen molar-refractivity contribution < 1.29 is 29.1 Å². The molecule has 0 heterocycles. The zero-order chi connectivity index (χ0) is 26.6. The van der Waals surface area contributed by atoms with Gasteiger partial charge in [0.25, 0.3) is 0 Å². The summed E-state index contributed by atoms with van der Waals surface area (Å²) in [6.45, 7) is 11.1. The van der Waals surface area contributed by atoms with Crippen LogP contribution < -0.4 is 27.4 Å². The van der Waals surface area contributed by atoms with E-state index in [9.17, 15) is 29.1 Å². The molecule has 0 aromatic carbocycles. The molecule has 5 atom stereocenters. The van der Waals surface area contributed by atoms with E-state index in [0.717, 1.165) is 0 Å². The lowest BCUT2D eigenvalue weighted by atomic mass is 9.97. The molecule has 0 aliphatic carbocycles. The minimum atomic E-state index is -1.15. The van der Waals surface area contributed by atoms with Gasteiger partial charge in [-0.25, -0.2) is 4.79 Å². The van der Waals surface area contributed by atoms with E-state index in [2.05, 4.69) is 16.0 Å². The molecule has 0 aliphatic heterocycles. The van der Waals surface area contributed by atoms with E-state index >= 15 is 0 Å². The number of carboxylic acid groups (broad SMARTS) is 1. The third-order valence-electron chi connectivity index (χ3n) is 5.50. The van der Waals surface area contributed by atoms with Crippen LogP contribution in [0, 0.1) is 17.8 Å². The van der Waals surface area contributed by atoms with Crippen LogP contribution in [0.4, 0.5) is 0 Å². The van der Waals surface area contributed by atoms with Crippen molar-refractivity contribution in [2.45, 2.75) is 97.8 Å². The third-order valence-corrected chi connectivity index (χ3v) is 5.50. The van der Waals surface area contributed by atoms with Gasteiger partial charge >= 0.3 is 5.97 Å². The summed E-state index contributed by atoms with van der Waals surface area (Å²) >= 11 is 0. The Hall–Kier alpha value is -2.69. The lowest BCUT2D eigenvalue weighted by Crippen LogP contribution is -2.58. The molecule has 8 N–H and O–H groups in total. The van der Waals surface area contributed by atoms with Crippen molar-refractivity contribution in [3.8, 4) is 0 Å². The maximum Gasteiger partial charge on any atom is 0.326 e. The van der Waals surface area contributed by atoms with E-state index in [1.165, 1.54) is 0 Å². The second-order valence-corrected chi connectivity index (χ2v) is 9.70. The molecular formula is C23H43N5O6. The molecule has 0 saturated heterocycles. The quantitative estimate of drug-likeness (QED) is 0.180. The van der Waals surface area contributed by atoms with Crippen molar-refractivity contribution in [3.05, 3.63) is 0 Å². The molecule has 4 amide bonds. The van der Waals surface area contributed by atoms with E-state index in [0.29, 0.717) is 12.8 Å². The lowest BCUT2D eigenvalue weighted by molar-refractivity contribution is -0.144. The number of hydrogen-bond acceptors (Lipinski definition) is 6. The van der Waals surface area contributed by atoms with Gasteiger partial charge in [0.15, 0.2) is 0 Å². The van der Waals surface area contributed by atoms with E-state index in [1.807, 2.05) is 34.6 Å². The van der Waals surface area contributed by atoms with Crippen LogP contribution in [-0.4, -0.2) is 58.9 Å². The Morgan fingerprint density at radius 3 is 1.62 bits per heavy atom. The monoisotopic (exact) mass is 485 g/mol. The van der Waals surface area contributed by atoms with Crippen LogP contribution in [0.2, 0.25) is 0 Å². The van der Waals surface area contributed by atoms with Crippen LogP contribution in [0.1, 0.15) is 73.6 Å². The molecule has 11 heteroatoms. The number of carboxylic acids is 1. The second kappa shape index (κ2) is 15.3. The Morgan fingerprint density at radius 1 is 0.794 bits per heavy atom. The largest absolute Gasteiger partial charge is 0.480 e. The van der Waals surface area contributed by atoms with Crippen LogP contribution in [0.15, 0.2) is 0 Å². The smallest absolute Gasteiger partial charge is 0.326 e. The van der Waals surface area contributed by atoms with Gasteiger partial charge in [0, 0.05) is 6.42 Å².